The van der Waals surface area contributed by atoms with Gasteiger partial charge < -0.3 is 39.9 Å². The largest absolute Gasteiger partial charge is 1.00 e. The van der Waals surface area contributed by atoms with Crippen LogP contribution >= 0.6 is 23.2 Å². The van der Waals surface area contributed by atoms with Gasteiger partial charge in [-0.1, -0.05) is 35.3 Å². The Morgan fingerprint density at radius 1 is 0.468 bits per heavy atom. The first kappa shape index (κ1) is 56.6. The average Bonchev–Trinajstić information content (AvgIpc) is 3.09. The first-order chi connectivity index (χ1) is 26.8. The van der Waals surface area contributed by atoms with Gasteiger partial charge in [-0.05, 0) is 82.6 Å². The second kappa shape index (κ2) is 21.0. The topological polar surface area (TPSA) is 371 Å². The number of benzene rings is 6. The van der Waals surface area contributed by atoms with Crippen LogP contribution in [0, 0.1) is 0 Å². The molecule has 6 rings (SSSR count). The Bertz CT molecular complexity index is 3110. The minimum atomic E-state index is -5.40. The second-order valence-electron chi connectivity index (χ2n) is 11.9. The van der Waals surface area contributed by atoms with E-state index < -0.39 is 94.3 Å². The molecule has 0 unspecified atom stereocenters. The Morgan fingerprint density at radius 3 is 1.06 bits per heavy atom. The number of hydrogen-bond donors (Lipinski definition) is 4. The van der Waals surface area contributed by atoms with Gasteiger partial charge in [0.2, 0.25) is 0 Å². The predicted octanol–water partition coefficient (Wildman–Crippen LogP) is -5.99. The summed E-state index contributed by atoms with van der Waals surface area (Å²) in [7, 11) is -20.9. The normalized spacial score (nSPS) is 12.2. The zero-order valence-electron chi connectivity index (χ0n) is 32.1. The minimum absolute atomic E-state index is 0. The van der Waals surface area contributed by atoms with Crippen molar-refractivity contribution in [1.29, 1.82) is 0 Å². The number of aromatic hydroxyl groups is 2. The van der Waals surface area contributed by atoms with Crippen LogP contribution in [0.25, 0.3) is 32.7 Å². The molecular weight excluding hydrogens is 984 g/mol. The maximum Gasteiger partial charge on any atom is 1.00 e. The Kier molecular flexibility index (Phi) is 19.1. The van der Waals surface area contributed by atoms with Gasteiger partial charge in [-0.2, -0.15) is 0 Å². The molecule has 0 aliphatic carbocycles. The van der Waals surface area contributed by atoms with Gasteiger partial charge in [0.05, 0.1) is 29.6 Å². The van der Waals surface area contributed by atoms with Crippen LogP contribution < -0.4 is 130 Å². The number of fused-ring (bicyclic) bond motifs is 2. The van der Waals surface area contributed by atoms with Gasteiger partial charge in [0.15, 0.2) is 11.5 Å². The van der Waals surface area contributed by atoms with Crippen LogP contribution in [0.15, 0.2) is 113 Å². The Hall–Kier alpha value is -1.54. The van der Waals surface area contributed by atoms with Crippen molar-refractivity contribution in [1.82, 2.24) is 0 Å². The zero-order valence-corrected chi connectivity index (χ0v) is 44.8. The van der Waals surface area contributed by atoms with E-state index in [2.05, 4.69) is 20.5 Å². The zero-order chi connectivity index (χ0) is 42.9. The van der Waals surface area contributed by atoms with Gasteiger partial charge in [-0.3, -0.25) is 0 Å². The van der Waals surface area contributed by atoms with Crippen molar-refractivity contribution in [2.24, 2.45) is 20.5 Å². The number of azo groups is 2. The summed E-state index contributed by atoms with van der Waals surface area (Å²) in [6, 6.07) is 12.5. The molecular formula is C32H18Cl2N6Na4O14S4. The second-order valence-corrected chi connectivity index (χ2v) is 18.2. The van der Waals surface area contributed by atoms with E-state index in [-0.39, 0.29) is 161 Å². The minimum Gasteiger partial charge on any atom is -0.744 e. The smallest absolute Gasteiger partial charge is 0.744 e. The summed E-state index contributed by atoms with van der Waals surface area (Å²) in [5.41, 5.74) is 9.59. The van der Waals surface area contributed by atoms with Crippen molar-refractivity contribution in [3.63, 3.8) is 0 Å². The Balaban J connectivity index is 0.00000331. The number of halogens is 2. The van der Waals surface area contributed by atoms with Gasteiger partial charge in [0.1, 0.15) is 63.2 Å². The quantitative estimate of drug-likeness (QED) is 0.0453. The number of nitrogens with zero attached hydrogens (tertiary/aromatic N) is 4. The van der Waals surface area contributed by atoms with Gasteiger partial charge in [-0.15, -0.1) is 20.5 Å². The van der Waals surface area contributed by atoms with E-state index >= 15 is 0 Å². The standard InChI is InChI=1S/C32H22Cl2N6O14S4.4Na/c33-19-7-13(1-3-23(19)37-39-29-25(57(49,50)51)9-15-5-17(55(43,44)45)11-21(35)27(15)31(29)41)14-2-4-24(20(34)8-14)38-40-30-26(58(52,53)54)10-16-6-18(56(46,47)48)12-22(36)28(16)32(30)42;;;;/h1-12,41-42H,35-36H2,(H,43,44,45)(H,46,47,48)(H,49,50,51)(H,52,53,54);;;;/q;4*+1/p-4. The van der Waals surface area contributed by atoms with E-state index in [0.717, 1.165) is 24.3 Å². The molecule has 0 fully saturated rings. The van der Waals surface area contributed by atoms with E-state index in [4.69, 9.17) is 34.7 Å². The first-order valence-electron chi connectivity index (χ1n) is 15.2. The molecule has 6 N–H and O–H groups in total. The van der Waals surface area contributed by atoms with Crippen LogP contribution in [0.5, 0.6) is 11.5 Å². The van der Waals surface area contributed by atoms with Crippen LogP contribution in [-0.4, -0.2) is 62.1 Å². The summed E-state index contributed by atoms with van der Waals surface area (Å²) in [5.74, 6) is -1.94. The molecule has 0 atom stereocenters. The maximum atomic E-state index is 12.1. The molecule has 30 heteroatoms. The Morgan fingerprint density at radius 2 is 0.790 bits per heavy atom. The molecule has 0 amide bonds. The van der Waals surface area contributed by atoms with E-state index in [0.29, 0.717) is 23.3 Å². The summed E-state index contributed by atoms with van der Waals surface area (Å²) < 4.78 is 142. The molecule has 0 aliphatic heterocycles. The third-order valence-electron chi connectivity index (χ3n) is 8.17. The van der Waals surface area contributed by atoms with E-state index in [9.17, 15) is 62.1 Å². The Labute approximate surface area is 450 Å². The van der Waals surface area contributed by atoms with Crippen molar-refractivity contribution >= 4 is 119 Å². The van der Waals surface area contributed by atoms with Crippen molar-refractivity contribution in [2.45, 2.75) is 19.6 Å². The number of anilines is 2. The van der Waals surface area contributed by atoms with Crippen molar-refractivity contribution in [3.8, 4) is 22.6 Å². The molecule has 0 aliphatic rings. The third kappa shape index (κ3) is 12.1. The van der Waals surface area contributed by atoms with E-state index in [1.54, 1.807) is 0 Å². The van der Waals surface area contributed by atoms with Crippen molar-refractivity contribution in [2.75, 3.05) is 11.5 Å². The average molecular weight is 1000 g/mol. The molecule has 0 heterocycles. The molecule has 0 saturated heterocycles. The summed E-state index contributed by atoms with van der Waals surface area (Å²) in [4.78, 5) is -3.96. The van der Waals surface area contributed by atoms with Crippen LogP contribution in [0.3, 0.4) is 0 Å². The maximum absolute atomic E-state index is 12.1. The molecule has 0 bridgehead atoms. The molecule has 0 aromatic heterocycles. The molecule has 6 aromatic carbocycles. The molecule has 302 valence electrons. The molecule has 20 nitrogen and oxygen atoms in total. The molecule has 0 saturated carbocycles. The van der Waals surface area contributed by atoms with Gasteiger partial charge in [-0.25, -0.2) is 33.7 Å². The molecule has 0 spiro atoms. The number of nitrogens with two attached hydrogens (primary N) is 2. The fraction of sp³-hybridized carbons (Fsp3) is 0. The van der Waals surface area contributed by atoms with Crippen LogP contribution in [0.1, 0.15) is 0 Å². The number of nitrogen functional groups attached to an aromatic ring is 2. The number of hydrogen-bond acceptors (Lipinski definition) is 20. The van der Waals surface area contributed by atoms with Crippen LogP contribution in [0.2, 0.25) is 10.0 Å². The number of phenolic OH excluding ortho intramolecular Hbond substituents is 2. The number of phenols is 2. The molecule has 0 radical (unpaired) electrons. The first-order valence-corrected chi connectivity index (χ1v) is 21.6. The molecule has 62 heavy (non-hydrogen) atoms. The van der Waals surface area contributed by atoms with Crippen LogP contribution in [-0.2, 0) is 40.5 Å². The van der Waals surface area contributed by atoms with Crippen molar-refractivity contribution in [3.05, 3.63) is 82.8 Å². The SMILES string of the molecule is Nc1cc(S(=O)(=O)[O-])cc2cc(S(=O)(=O)[O-])c(N=Nc3ccc(-c4ccc(N=Nc5c(S(=O)(=O)[O-])cc6cc(S(=O)(=O)[O-])cc(N)c6c5O)c(Cl)c4)cc3Cl)c(O)c12.[Na+].[Na+].[Na+].[Na+]. The van der Waals surface area contributed by atoms with Gasteiger partial charge in [0.25, 0.3) is 0 Å². The summed E-state index contributed by atoms with van der Waals surface area (Å²) in [6.07, 6.45) is 0. The van der Waals surface area contributed by atoms with Crippen molar-refractivity contribution < 1.29 is 180 Å². The van der Waals surface area contributed by atoms with E-state index in [1.807, 2.05) is 0 Å². The fourth-order valence-electron chi connectivity index (χ4n) is 5.59. The summed E-state index contributed by atoms with van der Waals surface area (Å²) >= 11 is 12.8. The number of rotatable bonds is 9. The summed E-state index contributed by atoms with van der Waals surface area (Å²) in [6.45, 7) is 0. The summed E-state index contributed by atoms with van der Waals surface area (Å²) in [5, 5.41) is 35.3. The van der Waals surface area contributed by atoms with Gasteiger partial charge >= 0.3 is 118 Å². The van der Waals surface area contributed by atoms with E-state index in [1.165, 1.54) is 36.4 Å². The third-order valence-corrected chi connectivity index (χ3v) is 12.1. The molecule has 6 aromatic rings. The predicted molar refractivity (Wildman–Crippen MR) is 202 cm³/mol. The van der Waals surface area contributed by atoms with Gasteiger partial charge in [0, 0.05) is 22.1 Å². The monoisotopic (exact) mass is 1000 g/mol. The van der Waals surface area contributed by atoms with Crippen LogP contribution in [0.4, 0.5) is 34.1 Å². The fourth-order valence-corrected chi connectivity index (χ4v) is 8.40.